The van der Waals surface area contributed by atoms with E-state index in [0.717, 1.165) is 24.4 Å². The maximum atomic E-state index is 12.5. The zero-order valence-electron chi connectivity index (χ0n) is 16.4. The first kappa shape index (κ1) is 24.4. The molecule has 0 aliphatic rings. The summed E-state index contributed by atoms with van der Waals surface area (Å²) >= 11 is 0. The zero-order valence-corrected chi connectivity index (χ0v) is 16.4. The van der Waals surface area contributed by atoms with E-state index in [-0.39, 0.29) is 11.6 Å². The van der Waals surface area contributed by atoms with Crippen LogP contribution in [0.2, 0.25) is 0 Å². The van der Waals surface area contributed by atoms with Crippen LogP contribution in [0.4, 0.5) is 30.2 Å². The van der Waals surface area contributed by atoms with Gasteiger partial charge in [-0.1, -0.05) is 0 Å². The van der Waals surface area contributed by atoms with E-state index in [2.05, 4.69) is 10.6 Å². The number of alkyl halides is 3. The van der Waals surface area contributed by atoms with E-state index in [0.29, 0.717) is 18.7 Å². The Hall–Kier alpha value is -3.63. The molecular weight excluding hydrogens is 407 g/mol. The predicted molar refractivity (Wildman–Crippen MR) is 104 cm³/mol. The van der Waals surface area contributed by atoms with E-state index in [1.807, 2.05) is 31.2 Å². The summed E-state index contributed by atoms with van der Waals surface area (Å²) in [5, 5.41) is 15.2. The Bertz CT molecular complexity index is 899. The number of amides is 2. The Balaban J connectivity index is 0.000000311. The molecule has 30 heavy (non-hydrogen) atoms. The third-order valence-corrected chi connectivity index (χ3v) is 3.30. The van der Waals surface area contributed by atoms with Crippen LogP contribution in [-0.2, 0) is 15.8 Å². The van der Waals surface area contributed by atoms with Gasteiger partial charge in [-0.05, 0) is 43.3 Å². The topological polar surface area (TPSA) is 111 Å². The van der Waals surface area contributed by atoms with Crippen LogP contribution < -0.4 is 15.4 Å². The van der Waals surface area contributed by atoms with Gasteiger partial charge in [0.1, 0.15) is 11.3 Å². The lowest BCUT2D eigenvalue weighted by atomic mass is 10.1. The minimum Gasteiger partial charge on any atom is -0.494 e. The van der Waals surface area contributed by atoms with Crippen LogP contribution in [0, 0.1) is 10.1 Å². The first-order valence-corrected chi connectivity index (χ1v) is 8.57. The number of hydrogen-bond donors (Lipinski definition) is 2. The van der Waals surface area contributed by atoms with Crippen molar-refractivity contribution in [2.75, 3.05) is 17.2 Å². The van der Waals surface area contributed by atoms with Crippen molar-refractivity contribution < 1.29 is 32.4 Å². The summed E-state index contributed by atoms with van der Waals surface area (Å²) in [5.74, 6) is 0.188. The molecule has 0 aliphatic carbocycles. The van der Waals surface area contributed by atoms with Crippen LogP contribution in [0.5, 0.6) is 5.75 Å². The molecule has 2 N–H and O–H groups in total. The first-order valence-electron chi connectivity index (χ1n) is 8.57. The summed E-state index contributed by atoms with van der Waals surface area (Å²) in [7, 11) is 0. The fourth-order valence-electron chi connectivity index (χ4n) is 2.21. The highest BCUT2D eigenvalue weighted by molar-refractivity contribution is 5.89. The molecule has 162 valence electrons. The summed E-state index contributed by atoms with van der Waals surface area (Å²) in [6.07, 6.45) is -4.85. The van der Waals surface area contributed by atoms with Crippen molar-refractivity contribution in [3.8, 4) is 5.75 Å². The fraction of sp³-hybridized carbons (Fsp3) is 0.263. The average molecular weight is 427 g/mol. The van der Waals surface area contributed by atoms with Crippen LogP contribution in [0.1, 0.15) is 26.3 Å². The number of carbonyl (C=O) groups is 2. The van der Waals surface area contributed by atoms with Gasteiger partial charge in [-0.25, -0.2) is 0 Å². The first-order chi connectivity index (χ1) is 13.9. The Kier molecular flexibility index (Phi) is 8.78. The molecule has 2 amide bonds. The molecule has 0 saturated carbocycles. The summed E-state index contributed by atoms with van der Waals surface area (Å²) in [4.78, 5) is 30.6. The number of nitrogens with zero attached hydrogens (tertiary/aromatic N) is 1. The van der Waals surface area contributed by atoms with Crippen molar-refractivity contribution in [1.82, 2.24) is 0 Å². The van der Waals surface area contributed by atoms with Gasteiger partial charge in [0, 0.05) is 31.3 Å². The Morgan fingerprint density at radius 3 is 1.93 bits per heavy atom. The quantitative estimate of drug-likeness (QED) is 0.535. The van der Waals surface area contributed by atoms with Gasteiger partial charge in [-0.3, -0.25) is 19.7 Å². The number of hydrogen-bond acceptors (Lipinski definition) is 5. The van der Waals surface area contributed by atoms with Gasteiger partial charge in [-0.15, -0.1) is 0 Å². The van der Waals surface area contributed by atoms with Crippen molar-refractivity contribution in [3.63, 3.8) is 0 Å². The lowest BCUT2D eigenvalue weighted by molar-refractivity contribution is -0.388. The second kappa shape index (κ2) is 10.8. The summed E-state index contributed by atoms with van der Waals surface area (Å²) in [5.41, 5.74) is -1.80. The Labute approximate surface area is 170 Å². The van der Waals surface area contributed by atoms with Crippen molar-refractivity contribution in [1.29, 1.82) is 0 Å². The van der Waals surface area contributed by atoms with Gasteiger partial charge in [0.2, 0.25) is 11.8 Å². The van der Waals surface area contributed by atoms with Crippen LogP contribution in [-0.4, -0.2) is 23.3 Å². The van der Waals surface area contributed by atoms with Crippen molar-refractivity contribution in [3.05, 3.63) is 58.1 Å². The molecule has 0 saturated heterocycles. The van der Waals surface area contributed by atoms with Crippen LogP contribution in [0.15, 0.2) is 42.5 Å². The van der Waals surface area contributed by atoms with Crippen LogP contribution >= 0.6 is 0 Å². The molecule has 11 heteroatoms. The molecule has 0 spiro atoms. The van der Waals surface area contributed by atoms with E-state index in [1.165, 1.54) is 6.92 Å². The van der Waals surface area contributed by atoms with E-state index in [1.54, 1.807) is 0 Å². The minimum absolute atomic E-state index is 0.0656. The number of benzene rings is 2. The fourth-order valence-corrected chi connectivity index (χ4v) is 2.21. The maximum Gasteiger partial charge on any atom is 0.423 e. The number of nitro groups is 1. The van der Waals surface area contributed by atoms with Gasteiger partial charge in [-0.2, -0.15) is 13.2 Å². The monoisotopic (exact) mass is 427 g/mol. The Morgan fingerprint density at radius 2 is 1.50 bits per heavy atom. The van der Waals surface area contributed by atoms with Gasteiger partial charge in [0.05, 0.1) is 11.5 Å². The number of anilines is 2. The molecule has 0 radical (unpaired) electrons. The molecule has 0 heterocycles. The lowest BCUT2D eigenvalue weighted by Gasteiger charge is -2.09. The Morgan fingerprint density at radius 1 is 1.00 bits per heavy atom. The maximum absolute atomic E-state index is 12.5. The van der Waals surface area contributed by atoms with Gasteiger partial charge >= 0.3 is 6.18 Å². The molecule has 0 unspecified atom stereocenters. The van der Waals surface area contributed by atoms with Crippen LogP contribution in [0.3, 0.4) is 0 Å². The van der Waals surface area contributed by atoms with Gasteiger partial charge < -0.3 is 15.4 Å². The van der Waals surface area contributed by atoms with Crippen molar-refractivity contribution >= 4 is 28.9 Å². The standard InChI is InChI=1S/C10H13NO2.C9H7F3N2O3/c1-3-13-10-6-4-9(5-7-10)11-8(2)12;1-5(15)13-6-2-3-8(14(16)17)7(4-6)9(10,11)12/h4-7H,3H2,1-2H3,(H,11,12);2-4H,1H3,(H,13,15). The zero-order chi connectivity index (χ0) is 22.9. The molecular formula is C19H20F3N3O5. The number of halogens is 3. The summed E-state index contributed by atoms with van der Waals surface area (Å²) in [6.45, 7) is 5.19. The third-order valence-electron chi connectivity index (χ3n) is 3.30. The molecule has 0 aromatic heterocycles. The van der Waals surface area contributed by atoms with Crippen molar-refractivity contribution in [2.45, 2.75) is 26.9 Å². The van der Waals surface area contributed by atoms with E-state index in [4.69, 9.17) is 4.74 Å². The van der Waals surface area contributed by atoms with E-state index >= 15 is 0 Å². The lowest BCUT2D eigenvalue weighted by Crippen LogP contribution is -2.11. The van der Waals surface area contributed by atoms with Gasteiger partial charge in [0.25, 0.3) is 5.69 Å². The largest absolute Gasteiger partial charge is 0.494 e. The second-order valence-corrected chi connectivity index (χ2v) is 5.81. The highest BCUT2D eigenvalue weighted by Gasteiger charge is 2.38. The predicted octanol–water partition coefficient (Wildman–Crippen LogP) is 4.62. The highest BCUT2D eigenvalue weighted by atomic mass is 19.4. The molecule has 0 fully saturated rings. The normalized spacial score (nSPS) is 10.3. The molecule has 0 atom stereocenters. The molecule has 0 aliphatic heterocycles. The highest BCUT2D eigenvalue weighted by Crippen LogP contribution is 2.37. The number of nitro benzene ring substituents is 1. The molecule has 0 bridgehead atoms. The van der Waals surface area contributed by atoms with Crippen LogP contribution in [0.25, 0.3) is 0 Å². The number of rotatable bonds is 5. The number of nitrogens with one attached hydrogen (secondary N) is 2. The molecule has 2 aromatic rings. The average Bonchev–Trinajstić information content (AvgIpc) is 2.62. The molecule has 2 rings (SSSR count). The molecule has 8 nitrogen and oxygen atoms in total. The SMILES string of the molecule is CC(=O)Nc1ccc([N+](=O)[O-])c(C(F)(F)F)c1.CCOc1ccc(NC(C)=O)cc1. The second-order valence-electron chi connectivity index (χ2n) is 5.81. The summed E-state index contributed by atoms with van der Waals surface area (Å²) < 4.78 is 42.8. The van der Waals surface area contributed by atoms with Crippen molar-refractivity contribution in [2.24, 2.45) is 0 Å². The van der Waals surface area contributed by atoms with Gasteiger partial charge in [0.15, 0.2) is 0 Å². The van der Waals surface area contributed by atoms with E-state index < -0.39 is 28.3 Å². The number of ether oxygens (including phenoxy) is 1. The van der Waals surface area contributed by atoms with E-state index in [9.17, 15) is 32.9 Å². The third kappa shape index (κ3) is 8.17. The summed E-state index contributed by atoms with van der Waals surface area (Å²) in [6, 6.07) is 9.55. The smallest absolute Gasteiger partial charge is 0.423 e. The molecule has 2 aromatic carbocycles. The number of carbonyl (C=O) groups excluding carboxylic acids is 2. The minimum atomic E-state index is -4.85.